The Hall–Kier alpha value is -3.96. The number of hydrogen-bond acceptors (Lipinski definition) is 12. The Balaban J connectivity index is 1.89. The third kappa shape index (κ3) is 7.04. The largest absolute Gasteiger partial charge is 0.461 e. The van der Waals surface area contributed by atoms with Gasteiger partial charge in [0, 0.05) is 6.42 Å². The van der Waals surface area contributed by atoms with E-state index in [1.165, 1.54) is 16.9 Å². The average Bonchev–Trinajstić information content (AvgIpc) is 3.40. The van der Waals surface area contributed by atoms with Gasteiger partial charge in [0.25, 0.3) is 0 Å². The van der Waals surface area contributed by atoms with E-state index >= 15 is 0 Å². The van der Waals surface area contributed by atoms with Crippen molar-refractivity contribution in [1.29, 1.82) is 5.26 Å². The summed E-state index contributed by atoms with van der Waals surface area (Å²) in [4.78, 5) is 41.9. The van der Waals surface area contributed by atoms with Gasteiger partial charge in [-0.2, -0.15) is 10.4 Å². The van der Waals surface area contributed by atoms with Gasteiger partial charge in [0.1, 0.15) is 48.4 Å². The zero-order chi connectivity index (χ0) is 30.7. The number of rotatable bonds is 9. The molecular weight excluding hydrogens is 536 g/mol. The number of aromatic nitrogens is 3. The Morgan fingerprint density at radius 1 is 1.27 bits per heavy atom. The molecule has 1 fully saturated rings. The second kappa shape index (κ2) is 12.3. The van der Waals surface area contributed by atoms with Crippen LogP contribution in [-0.2, 0) is 34.1 Å². The number of ether oxygens (including phenoxy) is 4. The van der Waals surface area contributed by atoms with Crippen molar-refractivity contribution < 1.29 is 38.4 Å². The summed E-state index contributed by atoms with van der Waals surface area (Å²) < 4.78 is 23.7. The van der Waals surface area contributed by atoms with E-state index in [9.17, 15) is 24.8 Å². The zero-order valence-electron chi connectivity index (χ0n) is 24.3. The standard InChI is InChI=1S/C27H38N6O8/c1-14(2)10-19(34)39-21-17(11-38-24(36)20(15(3)4)32-25(37)41-26(5,6)7)40-27(12-28,22(21)35)18-9-8-16-23(29)30-13-31-33(16)18/h8-9,13-15,17,20-22,35H,10-11H2,1-7H3,(H,32,37)(H2,29,30,31)/t17-,20+,21-,22-,27+/m1/s1. The second-order valence-corrected chi connectivity index (χ2v) is 11.7. The van der Waals surface area contributed by atoms with Crippen LogP contribution >= 0.6 is 0 Å². The lowest BCUT2D eigenvalue weighted by atomic mass is 9.92. The topological polar surface area (TPSA) is 200 Å². The number of nitrogens with two attached hydrogens (primary N) is 1. The molecule has 0 spiro atoms. The molecule has 0 radical (unpaired) electrons. The number of carbonyl (C=O) groups excluding carboxylic acids is 3. The number of esters is 2. The SMILES string of the molecule is CC(C)CC(=O)O[C@H]1[C@@H](O)[C@](C#N)(c2ccc3c(N)ncnn23)O[C@@H]1COC(=O)[C@@H](NC(=O)OC(C)(C)C)C(C)C. The molecule has 2 aromatic heterocycles. The lowest BCUT2D eigenvalue weighted by Crippen LogP contribution is -2.48. The molecule has 0 bridgehead atoms. The van der Waals surface area contributed by atoms with Gasteiger partial charge in [-0.15, -0.1) is 0 Å². The van der Waals surface area contributed by atoms with Crippen LogP contribution < -0.4 is 11.1 Å². The summed E-state index contributed by atoms with van der Waals surface area (Å²) in [6.07, 6.45) is -3.89. The number of aliphatic hydroxyl groups excluding tert-OH is 1. The first-order chi connectivity index (χ1) is 19.1. The van der Waals surface area contributed by atoms with Gasteiger partial charge in [-0.1, -0.05) is 27.7 Å². The molecule has 4 N–H and O–H groups in total. The molecule has 2 aromatic rings. The highest BCUT2D eigenvalue weighted by Gasteiger charge is 2.60. The number of carbonyl (C=O) groups is 3. The number of aliphatic hydroxyl groups is 1. The minimum absolute atomic E-state index is 0.0426. The number of anilines is 1. The molecule has 3 rings (SSSR count). The Labute approximate surface area is 238 Å². The number of hydrogen-bond donors (Lipinski definition) is 3. The van der Waals surface area contributed by atoms with Gasteiger partial charge >= 0.3 is 18.0 Å². The van der Waals surface area contributed by atoms with Crippen molar-refractivity contribution in [2.75, 3.05) is 12.3 Å². The number of nitrogens with one attached hydrogen (secondary N) is 1. The fourth-order valence-corrected chi connectivity index (χ4v) is 4.39. The monoisotopic (exact) mass is 574 g/mol. The summed E-state index contributed by atoms with van der Waals surface area (Å²) >= 11 is 0. The molecule has 1 aliphatic heterocycles. The Morgan fingerprint density at radius 3 is 2.54 bits per heavy atom. The number of fused-ring (bicyclic) bond motifs is 1. The zero-order valence-corrected chi connectivity index (χ0v) is 24.3. The molecule has 1 saturated heterocycles. The molecular formula is C27H38N6O8. The van der Waals surface area contributed by atoms with E-state index < -0.39 is 60.2 Å². The predicted octanol–water partition coefficient (Wildman–Crippen LogP) is 1.84. The van der Waals surface area contributed by atoms with Crippen LogP contribution in [0.15, 0.2) is 18.5 Å². The van der Waals surface area contributed by atoms with Crippen LogP contribution in [0.1, 0.15) is 60.6 Å². The molecule has 224 valence electrons. The summed E-state index contributed by atoms with van der Waals surface area (Å²) in [6, 6.07) is 3.97. The van der Waals surface area contributed by atoms with Crippen molar-refractivity contribution in [2.24, 2.45) is 11.8 Å². The number of nitrogen functional groups attached to an aromatic ring is 1. The summed E-state index contributed by atoms with van der Waals surface area (Å²) in [5.74, 6) is -1.72. The molecule has 3 heterocycles. The fourth-order valence-electron chi connectivity index (χ4n) is 4.39. The first kappa shape index (κ1) is 31.6. The number of nitrogens with zero attached hydrogens (tertiary/aromatic N) is 4. The number of amides is 1. The molecule has 0 aliphatic carbocycles. The summed E-state index contributed by atoms with van der Waals surface area (Å²) in [7, 11) is 0. The molecule has 1 aliphatic rings. The van der Waals surface area contributed by atoms with Crippen LogP contribution in [0.3, 0.4) is 0 Å². The highest BCUT2D eigenvalue weighted by atomic mass is 16.6. The maximum absolute atomic E-state index is 13.1. The minimum atomic E-state index is -2.07. The quantitative estimate of drug-likeness (QED) is 0.290. The second-order valence-electron chi connectivity index (χ2n) is 11.7. The van der Waals surface area contributed by atoms with E-state index in [1.807, 2.05) is 19.9 Å². The van der Waals surface area contributed by atoms with E-state index in [1.54, 1.807) is 40.7 Å². The van der Waals surface area contributed by atoms with Gasteiger partial charge in [-0.25, -0.2) is 19.1 Å². The summed E-state index contributed by atoms with van der Waals surface area (Å²) in [5, 5.41) is 28.4. The molecule has 14 nitrogen and oxygen atoms in total. The van der Waals surface area contributed by atoms with Crippen LogP contribution in [-0.4, -0.2) is 74.3 Å². The molecule has 14 heteroatoms. The van der Waals surface area contributed by atoms with Gasteiger partial charge < -0.3 is 35.1 Å². The fraction of sp³-hybridized carbons (Fsp3) is 0.630. The van der Waals surface area contributed by atoms with Crippen LogP contribution in [0.5, 0.6) is 0 Å². The highest BCUT2D eigenvalue weighted by Crippen LogP contribution is 2.42. The van der Waals surface area contributed by atoms with Crippen molar-refractivity contribution >= 4 is 29.4 Å². The third-order valence-electron chi connectivity index (χ3n) is 6.28. The predicted molar refractivity (Wildman–Crippen MR) is 144 cm³/mol. The minimum Gasteiger partial charge on any atom is -0.461 e. The Bertz CT molecular complexity index is 1310. The normalized spacial score (nSPS) is 23.3. The maximum atomic E-state index is 13.1. The van der Waals surface area contributed by atoms with Crippen molar-refractivity contribution in [2.45, 2.75) is 90.4 Å². The van der Waals surface area contributed by atoms with E-state index in [4.69, 9.17) is 24.7 Å². The maximum Gasteiger partial charge on any atom is 0.408 e. The van der Waals surface area contributed by atoms with Crippen LogP contribution in [0.25, 0.3) is 5.52 Å². The summed E-state index contributed by atoms with van der Waals surface area (Å²) in [6.45, 7) is 11.6. The van der Waals surface area contributed by atoms with E-state index in [-0.39, 0.29) is 29.8 Å². The van der Waals surface area contributed by atoms with E-state index in [0.29, 0.717) is 5.52 Å². The third-order valence-corrected chi connectivity index (χ3v) is 6.28. The van der Waals surface area contributed by atoms with E-state index in [0.717, 1.165) is 0 Å². The van der Waals surface area contributed by atoms with Gasteiger partial charge in [-0.05, 0) is 44.7 Å². The van der Waals surface area contributed by atoms with Crippen molar-refractivity contribution in [3.63, 3.8) is 0 Å². The van der Waals surface area contributed by atoms with Crippen molar-refractivity contribution in [3.05, 3.63) is 24.2 Å². The molecule has 0 saturated carbocycles. The molecule has 41 heavy (non-hydrogen) atoms. The molecule has 0 aromatic carbocycles. The highest BCUT2D eigenvalue weighted by molar-refractivity contribution is 5.81. The molecule has 1 amide bonds. The lowest BCUT2D eigenvalue weighted by molar-refractivity contribution is -0.162. The lowest BCUT2D eigenvalue weighted by Gasteiger charge is -2.25. The molecule has 0 unspecified atom stereocenters. The van der Waals surface area contributed by atoms with Crippen molar-refractivity contribution in [3.8, 4) is 6.07 Å². The van der Waals surface area contributed by atoms with Gasteiger partial charge in [-0.3, -0.25) is 4.79 Å². The van der Waals surface area contributed by atoms with Crippen LogP contribution in [0.4, 0.5) is 10.6 Å². The number of alkyl carbamates (subject to hydrolysis) is 1. The Morgan fingerprint density at radius 2 is 1.95 bits per heavy atom. The van der Waals surface area contributed by atoms with Crippen molar-refractivity contribution in [1.82, 2.24) is 19.9 Å². The van der Waals surface area contributed by atoms with Crippen LogP contribution in [0, 0.1) is 23.2 Å². The van der Waals surface area contributed by atoms with Crippen LogP contribution in [0.2, 0.25) is 0 Å². The first-order valence-corrected chi connectivity index (χ1v) is 13.3. The smallest absolute Gasteiger partial charge is 0.408 e. The van der Waals surface area contributed by atoms with E-state index in [2.05, 4.69) is 15.4 Å². The molecule has 5 atom stereocenters. The number of nitriles is 1. The van der Waals surface area contributed by atoms with Gasteiger partial charge in [0.05, 0.1) is 5.69 Å². The van der Waals surface area contributed by atoms with Gasteiger partial charge in [0.2, 0.25) is 5.60 Å². The first-order valence-electron chi connectivity index (χ1n) is 13.3. The Kier molecular flexibility index (Phi) is 9.45. The van der Waals surface area contributed by atoms with Gasteiger partial charge in [0.15, 0.2) is 11.9 Å². The average molecular weight is 575 g/mol. The summed E-state index contributed by atoms with van der Waals surface area (Å²) in [5.41, 5.74) is 3.56.